The molecule has 1 aromatic heterocycles. The van der Waals surface area contributed by atoms with Gasteiger partial charge in [0.2, 0.25) is 10.0 Å². The van der Waals surface area contributed by atoms with E-state index in [-0.39, 0.29) is 6.04 Å². The number of nitrogens with one attached hydrogen (secondary N) is 2. The summed E-state index contributed by atoms with van der Waals surface area (Å²) >= 11 is 5.11. The summed E-state index contributed by atoms with van der Waals surface area (Å²) in [6.07, 6.45) is 1.14. The van der Waals surface area contributed by atoms with Gasteiger partial charge in [0.15, 0.2) is 0 Å². The SMILES string of the molecule is CC(Nc1cccc(NS(C)(=O)=O)c1)c1cc(Br)cs1. The van der Waals surface area contributed by atoms with Crippen molar-refractivity contribution < 1.29 is 8.42 Å². The van der Waals surface area contributed by atoms with Crippen LogP contribution in [-0.4, -0.2) is 14.7 Å². The predicted octanol–water partition coefficient (Wildman–Crippen LogP) is 4.06. The average molecular weight is 375 g/mol. The summed E-state index contributed by atoms with van der Waals surface area (Å²) in [6.45, 7) is 2.06. The topological polar surface area (TPSA) is 58.2 Å². The van der Waals surface area contributed by atoms with E-state index in [1.54, 1.807) is 23.5 Å². The number of sulfonamides is 1. The van der Waals surface area contributed by atoms with Crippen LogP contribution in [0.25, 0.3) is 0 Å². The fraction of sp³-hybridized carbons (Fsp3) is 0.231. The number of hydrogen-bond donors (Lipinski definition) is 2. The Hall–Kier alpha value is -1.05. The van der Waals surface area contributed by atoms with Crippen LogP contribution in [0.4, 0.5) is 11.4 Å². The van der Waals surface area contributed by atoms with Crippen LogP contribution in [0, 0.1) is 0 Å². The molecule has 0 radical (unpaired) electrons. The largest absolute Gasteiger partial charge is 0.378 e. The van der Waals surface area contributed by atoms with E-state index in [1.807, 2.05) is 17.5 Å². The highest BCUT2D eigenvalue weighted by atomic mass is 79.9. The zero-order valence-corrected chi connectivity index (χ0v) is 14.3. The molecule has 0 bridgehead atoms. The lowest BCUT2D eigenvalue weighted by Gasteiger charge is -2.14. The van der Waals surface area contributed by atoms with Crippen LogP contribution in [0.1, 0.15) is 17.8 Å². The van der Waals surface area contributed by atoms with Gasteiger partial charge in [-0.15, -0.1) is 11.3 Å². The second kappa shape index (κ2) is 6.15. The van der Waals surface area contributed by atoms with Crippen molar-refractivity contribution in [3.05, 3.63) is 45.1 Å². The first-order chi connectivity index (χ1) is 9.33. The van der Waals surface area contributed by atoms with Gasteiger partial charge in [-0.1, -0.05) is 6.07 Å². The summed E-state index contributed by atoms with van der Waals surface area (Å²) in [5, 5.41) is 5.39. The van der Waals surface area contributed by atoms with Crippen molar-refractivity contribution in [3.63, 3.8) is 0 Å². The van der Waals surface area contributed by atoms with Crippen LogP contribution in [-0.2, 0) is 10.0 Å². The Morgan fingerprint density at radius 2 is 1.95 bits per heavy atom. The third kappa shape index (κ3) is 4.50. The second-order valence-electron chi connectivity index (χ2n) is 4.49. The van der Waals surface area contributed by atoms with Crippen molar-refractivity contribution in [3.8, 4) is 0 Å². The molecule has 1 atom stereocenters. The number of hydrogen-bond acceptors (Lipinski definition) is 4. The summed E-state index contributed by atoms with van der Waals surface area (Å²) in [7, 11) is -3.25. The monoisotopic (exact) mass is 374 g/mol. The van der Waals surface area contributed by atoms with Crippen molar-refractivity contribution in [1.82, 2.24) is 0 Å². The molecule has 0 amide bonds. The van der Waals surface area contributed by atoms with Crippen molar-refractivity contribution in [2.24, 2.45) is 0 Å². The molecule has 0 aliphatic rings. The Kier molecular flexibility index (Phi) is 4.72. The van der Waals surface area contributed by atoms with Crippen LogP contribution in [0.3, 0.4) is 0 Å². The normalized spacial score (nSPS) is 12.9. The molecule has 1 aromatic carbocycles. The summed E-state index contributed by atoms with van der Waals surface area (Å²) in [5.74, 6) is 0. The highest BCUT2D eigenvalue weighted by Crippen LogP contribution is 2.28. The fourth-order valence-electron chi connectivity index (χ4n) is 1.76. The summed E-state index contributed by atoms with van der Waals surface area (Å²) in [6, 6.07) is 9.44. The maximum Gasteiger partial charge on any atom is 0.229 e. The zero-order chi connectivity index (χ0) is 14.8. The molecule has 1 heterocycles. The highest BCUT2D eigenvalue weighted by Gasteiger charge is 2.09. The molecule has 2 N–H and O–H groups in total. The molecule has 0 saturated heterocycles. The van der Waals surface area contributed by atoms with E-state index in [9.17, 15) is 8.42 Å². The van der Waals surface area contributed by atoms with E-state index >= 15 is 0 Å². The standard InChI is InChI=1S/C13H15BrN2O2S2/c1-9(13-6-10(14)8-19-13)15-11-4-3-5-12(7-11)16-20(2,17)18/h3-9,15-16H,1-2H3. The number of halogens is 1. The number of thiophene rings is 1. The number of rotatable bonds is 5. The number of benzene rings is 1. The molecule has 0 saturated carbocycles. The summed E-state index contributed by atoms with van der Waals surface area (Å²) < 4.78 is 26.0. The number of anilines is 2. The molecule has 1 unspecified atom stereocenters. The molecule has 7 heteroatoms. The minimum Gasteiger partial charge on any atom is -0.378 e. The molecule has 108 valence electrons. The van der Waals surface area contributed by atoms with Gasteiger partial charge in [0, 0.05) is 20.4 Å². The van der Waals surface area contributed by atoms with Gasteiger partial charge in [-0.3, -0.25) is 4.72 Å². The Morgan fingerprint density at radius 1 is 1.25 bits per heavy atom. The van der Waals surface area contributed by atoms with Crippen molar-refractivity contribution >= 4 is 48.7 Å². The lowest BCUT2D eigenvalue weighted by Crippen LogP contribution is -2.10. The van der Waals surface area contributed by atoms with Crippen LogP contribution >= 0.6 is 27.3 Å². The third-order valence-corrected chi connectivity index (χ3v) is 5.05. The first-order valence-electron chi connectivity index (χ1n) is 5.92. The van der Waals surface area contributed by atoms with Gasteiger partial charge >= 0.3 is 0 Å². The average Bonchev–Trinajstić information content (AvgIpc) is 2.74. The molecule has 4 nitrogen and oxygen atoms in total. The van der Waals surface area contributed by atoms with E-state index in [4.69, 9.17) is 0 Å². The van der Waals surface area contributed by atoms with Crippen LogP contribution in [0.2, 0.25) is 0 Å². The Balaban J connectivity index is 2.11. The van der Waals surface area contributed by atoms with E-state index in [1.165, 1.54) is 4.88 Å². The van der Waals surface area contributed by atoms with E-state index in [0.29, 0.717) is 5.69 Å². The molecule has 0 aliphatic carbocycles. The van der Waals surface area contributed by atoms with Crippen LogP contribution in [0.15, 0.2) is 40.2 Å². The van der Waals surface area contributed by atoms with Gasteiger partial charge in [-0.05, 0) is 47.1 Å². The maximum absolute atomic E-state index is 11.2. The molecular weight excluding hydrogens is 360 g/mol. The highest BCUT2D eigenvalue weighted by molar-refractivity contribution is 9.10. The van der Waals surface area contributed by atoms with Gasteiger partial charge < -0.3 is 5.32 Å². The zero-order valence-electron chi connectivity index (χ0n) is 11.1. The molecule has 2 rings (SSSR count). The lowest BCUT2D eigenvalue weighted by atomic mass is 10.2. The molecule has 0 spiro atoms. The minimum atomic E-state index is -3.25. The molecule has 20 heavy (non-hydrogen) atoms. The van der Waals surface area contributed by atoms with Crippen molar-refractivity contribution in [2.75, 3.05) is 16.3 Å². The Morgan fingerprint density at radius 3 is 2.55 bits per heavy atom. The van der Waals surface area contributed by atoms with Gasteiger partial charge in [-0.25, -0.2) is 8.42 Å². The maximum atomic E-state index is 11.2. The quantitative estimate of drug-likeness (QED) is 0.829. The van der Waals surface area contributed by atoms with Gasteiger partial charge in [0.05, 0.1) is 18.0 Å². The predicted molar refractivity (Wildman–Crippen MR) is 89.0 cm³/mol. The van der Waals surface area contributed by atoms with Crippen molar-refractivity contribution in [1.29, 1.82) is 0 Å². The molecule has 0 fully saturated rings. The first-order valence-corrected chi connectivity index (χ1v) is 9.48. The summed E-state index contributed by atoms with van der Waals surface area (Å²) in [5.41, 5.74) is 1.42. The van der Waals surface area contributed by atoms with Gasteiger partial charge in [0.25, 0.3) is 0 Å². The minimum absolute atomic E-state index is 0.153. The smallest absolute Gasteiger partial charge is 0.229 e. The molecular formula is C13H15BrN2O2S2. The second-order valence-corrected chi connectivity index (χ2v) is 8.10. The van der Waals surface area contributed by atoms with Crippen LogP contribution < -0.4 is 10.0 Å². The van der Waals surface area contributed by atoms with Crippen LogP contribution in [0.5, 0.6) is 0 Å². The Bertz CT molecular complexity index is 698. The molecule has 0 aliphatic heterocycles. The Labute approximate surface area is 131 Å². The lowest BCUT2D eigenvalue weighted by molar-refractivity contribution is 0.607. The summed E-state index contributed by atoms with van der Waals surface area (Å²) in [4.78, 5) is 1.21. The van der Waals surface area contributed by atoms with E-state index in [2.05, 4.69) is 39.0 Å². The fourth-order valence-corrected chi connectivity index (χ4v) is 3.77. The van der Waals surface area contributed by atoms with Gasteiger partial charge in [-0.2, -0.15) is 0 Å². The molecule has 2 aromatic rings. The van der Waals surface area contributed by atoms with E-state index in [0.717, 1.165) is 16.4 Å². The third-order valence-electron chi connectivity index (χ3n) is 2.56. The van der Waals surface area contributed by atoms with Gasteiger partial charge in [0.1, 0.15) is 0 Å². The first kappa shape index (κ1) is 15.3. The van der Waals surface area contributed by atoms with Crippen molar-refractivity contribution in [2.45, 2.75) is 13.0 Å². The van der Waals surface area contributed by atoms with E-state index < -0.39 is 10.0 Å².